The van der Waals surface area contributed by atoms with Crippen molar-refractivity contribution < 1.29 is 9.53 Å². The maximum atomic E-state index is 13.5. The van der Waals surface area contributed by atoms with Crippen molar-refractivity contribution in [1.82, 2.24) is 14.8 Å². The third-order valence-corrected chi connectivity index (χ3v) is 7.94. The van der Waals surface area contributed by atoms with Gasteiger partial charge < -0.3 is 10.1 Å². The van der Waals surface area contributed by atoms with Crippen LogP contribution in [-0.2, 0) is 10.5 Å². The number of nitrogens with zero attached hydrogens (tertiary/aromatic N) is 3. The summed E-state index contributed by atoms with van der Waals surface area (Å²) in [6, 6.07) is 22.5. The van der Waals surface area contributed by atoms with E-state index in [1.54, 1.807) is 11.8 Å². The van der Waals surface area contributed by atoms with Crippen molar-refractivity contribution in [2.45, 2.75) is 50.6 Å². The number of nitrogens with one attached hydrogen (secondary N) is 1. The highest BCUT2D eigenvalue weighted by molar-refractivity contribution is 7.98. The molecule has 37 heavy (non-hydrogen) atoms. The van der Waals surface area contributed by atoms with Gasteiger partial charge in [-0.25, -0.2) is 4.68 Å². The lowest BCUT2D eigenvalue weighted by Crippen LogP contribution is -2.36. The minimum atomic E-state index is -0.315. The predicted molar refractivity (Wildman–Crippen MR) is 148 cm³/mol. The first kappa shape index (κ1) is 23.8. The number of carbonyl (C=O) groups excluding carboxylic acids is 1. The molecule has 0 radical (unpaired) electrons. The van der Waals surface area contributed by atoms with Crippen LogP contribution < -0.4 is 10.1 Å². The van der Waals surface area contributed by atoms with E-state index in [1.165, 1.54) is 16.3 Å². The summed E-state index contributed by atoms with van der Waals surface area (Å²) in [5, 5.41) is 11.6. The summed E-state index contributed by atoms with van der Waals surface area (Å²) in [6.07, 6.45) is 1.32. The van der Waals surface area contributed by atoms with Crippen LogP contribution in [0.1, 0.15) is 50.8 Å². The van der Waals surface area contributed by atoms with Crippen LogP contribution in [0.25, 0.3) is 10.8 Å². The third kappa shape index (κ3) is 4.53. The van der Waals surface area contributed by atoms with Crippen molar-refractivity contribution in [3.8, 4) is 5.75 Å². The molecule has 7 heteroatoms. The molecule has 1 N–H and O–H groups in total. The average Bonchev–Trinajstić information content (AvgIpc) is 3.28. The van der Waals surface area contributed by atoms with Crippen molar-refractivity contribution >= 4 is 34.3 Å². The molecule has 0 amide bonds. The van der Waals surface area contributed by atoms with E-state index in [-0.39, 0.29) is 17.2 Å². The number of rotatable bonds is 6. The van der Waals surface area contributed by atoms with E-state index in [1.807, 2.05) is 35.9 Å². The molecule has 2 aliphatic rings. The molecule has 0 spiro atoms. The molecular formula is C30H30N4O2S. The second-order valence-corrected chi connectivity index (χ2v) is 11.4. The molecule has 2 heterocycles. The number of allylic oxidation sites excluding steroid dienone is 2. The van der Waals surface area contributed by atoms with Crippen molar-refractivity contribution in [2.24, 2.45) is 5.41 Å². The van der Waals surface area contributed by atoms with Gasteiger partial charge in [-0.15, -0.1) is 5.10 Å². The summed E-state index contributed by atoms with van der Waals surface area (Å²) >= 11 is 1.62. The summed E-state index contributed by atoms with van der Waals surface area (Å²) in [7, 11) is 0. The number of ether oxygens (including phenoxy) is 1. The topological polar surface area (TPSA) is 69.0 Å². The highest BCUT2D eigenvalue weighted by Gasteiger charge is 2.41. The zero-order chi connectivity index (χ0) is 25.6. The second kappa shape index (κ2) is 9.38. The molecule has 0 saturated carbocycles. The highest BCUT2D eigenvalue weighted by Crippen LogP contribution is 2.46. The Balaban J connectivity index is 1.36. The van der Waals surface area contributed by atoms with Gasteiger partial charge in [0.05, 0.1) is 6.61 Å². The van der Waals surface area contributed by atoms with Crippen molar-refractivity contribution in [2.75, 3.05) is 11.9 Å². The van der Waals surface area contributed by atoms with Gasteiger partial charge in [0.1, 0.15) is 11.8 Å². The molecule has 0 fully saturated rings. The van der Waals surface area contributed by atoms with Gasteiger partial charge in [-0.2, -0.15) is 4.98 Å². The largest absolute Gasteiger partial charge is 0.494 e. The molecule has 4 aromatic rings. The third-order valence-electron chi connectivity index (χ3n) is 7.06. The van der Waals surface area contributed by atoms with Gasteiger partial charge in [-0.3, -0.25) is 4.79 Å². The number of thioether (sulfide) groups is 1. The minimum Gasteiger partial charge on any atom is -0.494 e. The smallest absolute Gasteiger partial charge is 0.227 e. The molecule has 1 aromatic heterocycles. The van der Waals surface area contributed by atoms with Gasteiger partial charge >= 0.3 is 0 Å². The Hall–Kier alpha value is -3.58. The lowest BCUT2D eigenvalue weighted by Gasteiger charge is -2.38. The quantitative estimate of drug-likeness (QED) is 0.288. The van der Waals surface area contributed by atoms with Gasteiger partial charge in [0.2, 0.25) is 11.1 Å². The Labute approximate surface area is 221 Å². The maximum Gasteiger partial charge on any atom is 0.227 e. The summed E-state index contributed by atoms with van der Waals surface area (Å²) < 4.78 is 7.54. The fraction of sp³-hybridized carbons (Fsp3) is 0.300. The van der Waals surface area contributed by atoms with Crippen molar-refractivity contribution in [3.05, 3.63) is 89.1 Å². The Morgan fingerprint density at radius 2 is 1.84 bits per heavy atom. The Morgan fingerprint density at radius 1 is 1.05 bits per heavy atom. The summed E-state index contributed by atoms with van der Waals surface area (Å²) in [5.74, 6) is 2.43. The van der Waals surface area contributed by atoms with Crippen molar-refractivity contribution in [1.29, 1.82) is 0 Å². The number of benzene rings is 3. The number of fused-ring (bicyclic) bond motifs is 2. The Morgan fingerprint density at radius 3 is 2.65 bits per heavy atom. The summed E-state index contributed by atoms with van der Waals surface area (Å²) in [6.45, 7) is 6.87. The van der Waals surface area contributed by atoms with Gasteiger partial charge in [-0.05, 0) is 52.8 Å². The number of ketones is 1. The monoisotopic (exact) mass is 510 g/mol. The maximum absolute atomic E-state index is 13.5. The predicted octanol–water partition coefficient (Wildman–Crippen LogP) is 6.78. The van der Waals surface area contributed by atoms with E-state index in [0.29, 0.717) is 24.1 Å². The zero-order valence-electron chi connectivity index (χ0n) is 21.3. The zero-order valence-corrected chi connectivity index (χ0v) is 22.1. The molecule has 0 saturated heterocycles. The van der Waals surface area contributed by atoms with E-state index in [9.17, 15) is 4.79 Å². The van der Waals surface area contributed by atoms with Crippen LogP contribution in [-0.4, -0.2) is 27.2 Å². The standard InChI is InChI=1S/C30H30N4O2S/c1-4-36-22-14-12-20(13-15-22)27-26-24(16-30(2,3)17-25(26)35)31-28-32-29(33-34(27)28)37-18-21-10-7-9-19-8-5-6-11-23(19)21/h5-15,27H,4,16-18H2,1-3H3,(H,31,32,33). The molecule has 188 valence electrons. The van der Waals surface area contributed by atoms with E-state index >= 15 is 0 Å². The van der Waals surface area contributed by atoms with Crippen LogP contribution in [0.2, 0.25) is 0 Å². The number of Topliss-reactive ketones (excluding diaryl/α,β-unsaturated/α-hetero) is 1. The van der Waals surface area contributed by atoms with Crippen LogP contribution in [0.4, 0.5) is 5.95 Å². The Bertz CT molecular complexity index is 1520. The molecular weight excluding hydrogens is 480 g/mol. The van der Waals surface area contributed by atoms with Crippen LogP contribution >= 0.6 is 11.8 Å². The van der Waals surface area contributed by atoms with Gasteiger partial charge in [0.25, 0.3) is 0 Å². The molecule has 6 rings (SSSR count). The number of hydrogen-bond donors (Lipinski definition) is 1. The highest BCUT2D eigenvalue weighted by atomic mass is 32.2. The van der Waals surface area contributed by atoms with Crippen LogP contribution in [0.3, 0.4) is 0 Å². The van der Waals surface area contributed by atoms with E-state index in [0.717, 1.165) is 34.8 Å². The lowest BCUT2D eigenvalue weighted by atomic mass is 9.73. The number of aromatic nitrogens is 3. The fourth-order valence-corrected chi connectivity index (χ4v) is 6.27. The molecule has 1 aliphatic heterocycles. The van der Waals surface area contributed by atoms with Crippen LogP contribution in [0.15, 0.2) is 83.2 Å². The minimum absolute atomic E-state index is 0.0968. The van der Waals surface area contributed by atoms with Gasteiger partial charge in [-0.1, -0.05) is 80.2 Å². The first-order valence-electron chi connectivity index (χ1n) is 12.7. The average molecular weight is 511 g/mol. The number of carbonyl (C=O) groups is 1. The van der Waals surface area contributed by atoms with E-state index < -0.39 is 0 Å². The second-order valence-electron chi connectivity index (χ2n) is 10.5. The first-order chi connectivity index (χ1) is 17.9. The van der Waals surface area contributed by atoms with Gasteiger partial charge in [0.15, 0.2) is 5.78 Å². The summed E-state index contributed by atoms with van der Waals surface area (Å²) in [5.41, 5.74) is 3.92. The van der Waals surface area contributed by atoms with Crippen LogP contribution in [0, 0.1) is 5.41 Å². The first-order valence-corrected chi connectivity index (χ1v) is 13.7. The molecule has 1 aliphatic carbocycles. The summed E-state index contributed by atoms with van der Waals surface area (Å²) in [4.78, 5) is 18.3. The number of anilines is 1. The lowest BCUT2D eigenvalue weighted by molar-refractivity contribution is -0.118. The normalized spacial score (nSPS) is 18.4. The Kier molecular flexibility index (Phi) is 6.03. The molecule has 1 unspecified atom stereocenters. The SMILES string of the molecule is CCOc1ccc(C2C3=C(CC(C)(C)CC3=O)Nc3nc(SCc4cccc5ccccc45)nn32)cc1. The molecule has 1 atom stereocenters. The molecule has 6 nitrogen and oxygen atoms in total. The fourth-order valence-electron chi connectivity index (χ4n) is 5.43. The molecule has 3 aromatic carbocycles. The van der Waals surface area contributed by atoms with Crippen molar-refractivity contribution in [3.63, 3.8) is 0 Å². The number of hydrogen-bond acceptors (Lipinski definition) is 6. The van der Waals surface area contributed by atoms with Gasteiger partial charge in [0, 0.05) is 23.4 Å². The van der Waals surface area contributed by atoms with Crippen LogP contribution in [0.5, 0.6) is 5.75 Å². The van der Waals surface area contributed by atoms with E-state index in [2.05, 4.69) is 61.6 Å². The van der Waals surface area contributed by atoms with E-state index in [4.69, 9.17) is 14.8 Å². The molecule has 0 bridgehead atoms.